The lowest BCUT2D eigenvalue weighted by Gasteiger charge is -2.24. The van der Waals surface area contributed by atoms with Crippen LogP contribution in [0, 0.1) is 0 Å². The van der Waals surface area contributed by atoms with Gasteiger partial charge in [0, 0.05) is 13.1 Å². The molecule has 0 fully saturated rings. The zero-order chi connectivity index (χ0) is 18.3. The Morgan fingerprint density at radius 3 is 2.08 bits per heavy atom. The molecule has 0 aromatic heterocycles. The maximum absolute atomic E-state index is 11.1. The zero-order valence-corrected chi connectivity index (χ0v) is 15.3. The second kappa shape index (κ2) is 8.73. The van der Waals surface area contributed by atoms with E-state index in [4.69, 9.17) is 4.55 Å². The summed E-state index contributed by atoms with van der Waals surface area (Å²) in [6.07, 6.45) is 2.09. The Morgan fingerprint density at radius 1 is 0.920 bits per heavy atom. The summed E-state index contributed by atoms with van der Waals surface area (Å²) in [6.45, 7) is 6.18. The van der Waals surface area contributed by atoms with E-state index in [0.717, 1.165) is 37.3 Å². The van der Waals surface area contributed by atoms with Gasteiger partial charge in [-0.3, -0.25) is 4.55 Å². The van der Waals surface area contributed by atoms with Gasteiger partial charge in [0.1, 0.15) is 5.69 Å². The van der Waals surface area contributed by atoms with Crippen LogP contribution in [0.2, 0.25) is 0 Å². The van der Waals surface area contributed by atoms with E-state index in [2.05, 4.69) is 29.0 Å². The minimum Gasteiger partial charge on any atom is -0.370 e. The lowest BCUT2D eigenvalue weighted by Crippen LogP contribution is -2.24. The van der Waals surface area contributed by atoms with Crippen molar-refractivity contribution in [3.8, 4) is 0 Å². The van der Waals surface area contributed by atoms with E-state index in [9.17, 15) is 8.42 Å². The first-order valence-corrected chi connectivity index (χ1v) is 9.73. The molecule has 0 aliphatic carbocycles. The van der Waals surface area contributed by atoms with E-state index in [1.165, 1.54) is 24.3 Å². The fraction of sp³-hybridized carbons (Fsp3) is 0.333. The Morgan fingerprint density at radius 2 is 1.52 bits per heavy atom. The molecule has 0 atom stereocenters. The van der Waals surface area contributed by atoms with Crippen LogP contribution in [0.4, 0.5) is 17.1 Å². The second-order valence-corrected chi connectivity index (χ2v) is 7.07. The van der Waals surface area contributed by atoms with Crippen LogP contribution in [0.25, 0.3) is 0 Å². The van der Waals surface area contributed by atoms with Crippen molar-refractivity contribution >= 4 is 27.2 Å². The Bertz CT molecular complexity index is 812. The van der Waals surface area contributed by atoms with E-state index in [1.54, 1.807) is 0 Å². The van der Waals surface area contributed by atoms with Crippen molar-refractivity contribution in [2.24, 2.45) is 10.2 Å². The van der Waals surface area contributed by atoms with Gasteiger partial charge in [-0.1, -0.05) is 26.0 Å². The fourth-order valence-corrected chi connectivity index (χ4v) is 2.99. The summed E-state index contributed by atoms with van der Waals surface area (Å²) in [7, 11) is -4.20. The predicted molar refractivity (Wildman–Crippen MR) is 99.7 cm³/mol. The highest BCUT2D eigenvalue weighted by molar-refractivity contribution is 7.85. The van der Waals surface area contributed by atoms with Gasteiger partial charge < -0.3 is 4.90 Å². The Hall–Kier alpha value is -2.25. The smallest absolute Gasteiger partial charge is 0.294 e. The molecule has 1 N–H and O–H groups in total. The molecule has 0 spiro atoms. The van der Waals surface area contributed by atoms with Gasteiger partial charge in [-0.15, -0.1) is 5.11 Å². The van der Waals surface area contributed by atoms with Crippen molar-refractivity contribution in [3.63, 3.8) is 0 Å². The molecule has 6 nitrogen and oxygen atoms in total. The summed E-state index contributed by atoms with van der Waals surface area (Å²) in [5.74, 6) is 0. The van der Waals surface area contributed by atoms with Gasteiger partial charge in [-0.25, -0.2) is 0 Å². The van der Waals surface area contributed by atoms with Gasteiger partial charge in [0.2, 0.25) is 0 Å². The molecule has 134 valence electrons. The molecule has 0 bridgehead atoms. The van der Waals surface area contributed by atoms with Crippen LogP contribution in [-0.2, 0) is 10.1 Å². The summed E-state index contributed by atoms with van der Waals surface area (Å²) in [5, 5.41) is 8.51. The number of para-hydroxylation sites is 1. The number of rotatable bonds is 8. The third-order valence-electron chi connectivity index (χ3n) is 3.62. The molecular weight excluding hydrogens is 338 g/mol. The summed E-state index contributed by atoms with van der Waals surface area (Å²) >= 11 is 0. The van der Waals surface area contributed by atoms with E-state index in [-0.39, 0.29) is 4.90 Å². The molecule has 0 aliphatic heterocycles. The maximum atomic E-state index is 11.1. The molecule has 2 aromatic rings. The van der Waals surface area contributed by atoms with Crippen LogP contribution < -0.4 is 4.90 Å². The molecule has 0 unspecified atom stereocenters. The summed E-state index contributed by atoms with van der Waals surface area (Å²) in [5.41, 5.74) is 2.31. The standard InChI is InChI=1S/C18H23N3O3S/c1-3-13-21(14-4-2)18-8-6-5-7-17(18)20-19-15-9-11-16(12-10-15)25(22,23)24/h5-12H,3-4,13-14H2,1-2H3,(H,22,23,24). The van der Waals surface area contributed by atoms with Gasteiger partial charge in [0.15, 0.2) is 0 Å². The molecule has 0 saturated heterocycles. The molecule has 2 rings (SSSR count). The monoisotopic (exact) mass is 361 g/mol. The highest BCUT2D eigenvalue weighted by atomic mass is 32.2. The molecule has 7 heteroatoms. The number of anilines is 1. The molecule has 0 amide bonds. The lowest BCUT2D eigenvalue weighted by molar-refractivity contribution is 0.483. The van der Waals surface area contributed by atoms with Gasteiger partial charge in [0.25, 0.3) is 10.1 Å². The molecule has 0 radical (unpaired) electrons. The van der Waals surface area contributed by atoms with E-state index in [1.807, 2.05) is 24.3 Å². The van der Waals surface area contributed by atoms with Crippen LogP contribution in [0.15, 0.2) is 63.7 Å². The van der Waals surface area contributed by atoms with Crippen LogP contribution in [0.5, 0.6) is 0 Å². The molecule has 0 heterocycles. The first-order chi connectivity index (χ1) is 12.0. The highest BCUT2D eigenvalue weighted by Crippen LogP contribution is 2.30. The predicted octanol–water partition coefficient (Wildman–Crippen LogP) is 4.98. The van der Waals surface area contributed by atoms with Crippen LogP contribution >= 0.6 is 0 Å². The van der Waals surface area contributed by atoms with Gasteiger partial charge in [-0.05, 0) is 49.2 Å². The normalized spacial score (nSPS) is 11.8. The molecular formula is C18H23N3O3S. The molecule has 0 saturated carbocycles. The second-order valence-electron chi connectivity index (χ2n) is 5.64. The Labute approximate surface area is 149 Å². The van der Waals surface area contributed by atoms with Crippen molar-refractivity contribution in [1.82, 2.24) is 0 Å². The number of benzene rings is 2. The minimum atomic E-state index is -4.20. The van der Waals surface area contributed by atoms with Crippen molar-refractivity contribution in [3.05, 3.63) is 48.5 Å². The maximum Gasteiger partial charge on any atom is 0.294 e. The number of azo groups is 1. The van der Waals surface area contributed by atoms with Crippen LogP contribution in [-0.4, -0.2) is 26.1 Å². The SMILES string of the molecule is CCCN(CCC)c1ccccc1N=Nc1ccc(S(=O)(=O)O)cc1. The van der Waals surface area contributed by atoms with Crippen LogP contribution in [0.3, 0.4) is 0 Å². The molecule has 25 heavy (non-hydrogen) atoms. The van der Waals surface area contributed by atoms with Crippen molar-refractivity contribution in [2.45, 2.75) is 31.6 Å². The Kier molecular flexibility index (Phi) is 6.66. The van der Waals surface area contributed by atoms with Crippen LogP contribution in [0.1, 0.15) is 26.7 Å². The molecule has 2 aromatic carbocycles. The van der Waals surface area contributed by atoms with E-state index < -0.39 is 10.1 Å². The third kappa shape index (κ3) is 5.37. The average Bonchev–Trinajstić information content (AvgIpc) is 2.60. The quantitative estimate of drug-likeness (QED) is 0.531. The fourth-order valence-electron chi connectivity index (χ4n) is 2.51. The Balaban J connectivity index is 2.26. The number of nitrogens with zero attached hydrogens (tertiary/aromatic N) is 3. The average molecular weight is 361 g/mol. The number of hydrogen-bond donors (Lipinski definition) is 1. The van der Waals surface area contributed by atoms with Crippen molar-refractivity contribution in [2.75, 3.05) is 18.0 Å². The highest BCUT2D eigenvalue weighted by Gasteiger charge is 2.10. The first kappa shape index (κ1) is 19.1. The summed E-state index contributed by atoms with van der Waals surface area (Å²) in [6, 6.07) is 13.4. The van der Waals surface area contributed by atoms with Gasteiger partial charge in [0.05, 0.1) is 16.3 Å². The summed E-state index contributed by atoms with van der Waals surface area (Å²) < 4.78 is 31.1. The zero-order valence-electron chi connectivity index (χ0n) is 14.5. The van der Waals surface area contributed by atoms with Gasteiger partial charge >= 0.3 is 0 Å². The summed E-state index contributed by atoms with van der Waals surface area (Å²) in [4.78, 5) is 2.12. The van der Waals surface area contributed by atoms with Crippen molar-refractivity contribution in [1.29, 1.82) is 0 Å². The first-order valence-electron chi connectivity index (χ1n) is 8.29. The number of hydrogen-bond acceptors (Lipinski definition) is 5. The van der Waals surface area contributed by atoms with E-state index in [0.29, 0.717) is 5.69 Å². The third-order valence-corrected chi connectivity index (χ3v) is 4.49. The minimum absolute atomic E-state index is 0.163. The lowest BCUT2D eigenvalue weighted by atomic mass is 10.2. The topological polar surface area (TPSA) is 82.3 Å². The largest absolute Gasteiger partial charge is 0.370 e. The molecule has 0 aliphatic rings. The van der Waals surface area contributed by atoms with E-state index >= 15 is 0 Å². The van der Waals surface area contributed by atoms with Crippen molar-refractivity contribution < 1.29 is 13.0 Å². The van der Waals surface area contributed by atoms with Gasteiger partial charge in [-0.2, -0.15) is 13.5 Å².